The minimum Gasteiger partial charge on any atom is -0.466 e. The van der Waals surface area contributed by atoms with Gasteiger partial charge in [-0.25, -0.2) is 13.1 Å². The van der Waals surface area contributed by atoms with Gasteiger partial charge in [-0.05, 0) is 44.7 Å². The monoisotopic (exact) mass is 300 g/mol. The van der Waals surface area contributed by atoms with Gasteiger partial charge in [0.15, 0.2) is 0 Å². The van der Waals surface area contributed by atoms with Crippen LogP contribution in [0.1, 0.15) is 19.8 Å². The van der Waals surface area contributed by atoms with E-state index in [-0.39, 0.29) is 10.9 Å². The van der Waals surface area contributed by atoms with E-state index >= 15 is 0 Å². The van der Waals surface area contributed by atoms with E-state index < -0.39 is 10.0 Å². The number of rotatable bonds is 8. The normalized spacial score (nSPS) is 11.1. The van der Waals surface area contributed by atoms with Crippen molar-refractivity contribution in [3.05, 3.63) is 24.3 Å². The second-order valence-electron chi connectivity index (χ2n) is 4.07. The molecule has 1 aromatic rings. The molecule has 0 fully saturated rings. The van der Waals surface area contributed by atoms with E-state index in [1.165, 1.54) is 19.2 Å². The third kappa shape index (κ3) is 5.18. The van der Waals surface area contributed by atoms with Crippen LogP contribution in [0.2, 0.25) is 0 Å². The number of ether oxygens (including phenoxy) is 1. The van der Waals surface area contributed by atoms with E-state index in [1.54, 1.807) is 19.1 Å². The highest BCUT2D eigenvalue weighted by Crippen LogP contribution is 2.13. The van der Waals surface area contributed by atoms with Gasteiger partial charge in [0.25, 0.3) is 0 Å². The maximum absolute atomic E-state index is 11.5. The number of nitrogens with one attached hydrogen (secondary N) is 2. The molecule has 0 amide bonds. The second kappa shape index (κ2) is 7.86. The van der Waals surface area contributed by atoms with Crippen LogP contribution in [0.15, 0.2) is 29.2 Å². The third-order valence-corrected chi connectivity index (χ3v) is 4.06. The van der Waals surface area contributed by atoms with Crippen molar-refractivity contribution in [2.24, 2.45) is 0 Å². The SMILES string of the molecule is CCOC(=O)CCCNc1ccc(S(=O)(=O)NC)cc1. The van der Waals surface area contributed by atoms with E-state index in [9.17, 15) is 13.2 Å². The summed E-state index contributed by atoms with van der Waals surface area (Å²) in [5, 5.41) is 3.12. The average Bonchev–Trinajstić information content (AvgIpc) is 2.44. The van der Waals surface area contributed by atoms with Crippen LogP contribution in [0.5, 0.6) is 0 Å². The largest absolute Gasteiger partial charge is 0.466 e. The lowest BCUT2D eigenvalue weighted by Crippen LogP contribution is -2.18. The molecule has 7 heteroatoms. The van der Waals surface area contributed by atoms with E-state index in [2.05, 4.69) is 10.0 Å². The number of anilines is 1. The summed E-state index contributed by atoms with van der Waals surface area (Å²) in [6.45, 7) is 2.79. The van der Waals surface area contributed by atoms with Gasteiger partial charge in [0.1, 0.15) is 0 Å². The molecule has 1 aromatic carbocycles. The lowest BCUT2D eigenvalue weighted by Gasteiger charge is -2.07. The first-order valence-corrected chi connectivity index (χ1v) is 7.91. The number of benzene rings is 1. The van der Waals surface area contributed by atoms with E-state index in [0.717, 1.165) is 5.69 Å². The first kappa shape index (κ1) is 16.5. The van der Waals surface area contributed by atoms with Crippen LogP contribution >= 0.6 is 0 Å². The predicted octanol–water partition coefficient (Wildman–Crippen LogP) is 1.35. The molecule has 1 rings (SSSR count). The third-order valence-electron chi connectivity index (χ3n) is 2.63. The Hall–Kier alpha value is -1.60. The van der Waals surface area contributed by atoms with Crippen molar-refractivity contribution in [1.82, 2.24) is 4.72 Å². The molecule has 0 aromatic heterocycles. The smallest absolute Gasteiger partial charge is 0.305 e. The Morgan fingerprint density at radius 3 is 2.45 bits per heavy atom. The van der Waals surface area contributed by atoms with Crippen molar-refractivity contribution in [1.29, 1.82) is 0 Å². The summed E-state index contributed by atoms with van der Waals surface area (Å²) >= 11 is 0. The van der Waals surface area contributed by atoms with Gasteiger partial charge in [-0.2, -0.15) is 0 Å². The van der Waals surface area contributed by atoms with Crippen LogP contribution in [0, 0.1) is 0 Å². The van der Waals surface area contributed by atoms with Gasteiger partial charge in [0.2, 0.25) is 10.0 Å². The van der Waals surface area contributed by atoms with Crippen LogP contribution in [-0.4, -0.2) is 34.6 Å². The fourth-order valence-corrected chi connectivity index (χ4v) is 2.30. The summed E-state index contributed by atoms with van der Waals surface area (Å²) in [6.07, 6.45) is 1.03. The van der Waals surface area contributed by atoms with E-state index in [1.807, 2.05) is 0 Å². The molecule has 20 heavy (non-hydrogen) atoms. The fourth-order valence-electron chi connectivity index (χ4n) is 1.57. The Labute approximate surface area is 119 Å². The molecule has 0 heterocycles. The summed E-state index contributed by atoms with van der Waals surface area (Å²) in [6, 6.07) is 6.43. The maximum Gasteiger partial charge on any atom is 0.305 e. The Balaban J connectivity index is 2.41. The summed E-state index contributed by atoms with van der Waals surface area (Å²) in [4.78, 5) is 11.3. The van der Waals surface area contributed by atoms with Crippen molar-refractivity contribution in [3.63, 3.8) is 0 Å². The fraction of sp³-hybridized carbons (Fsp3) is 0.462. The Morgan fingerprint density at radius 2 is 1.90 bits per heavy atom. The highest BCUT2D eigenvalue weighted by Gasteiger charge is 2.10. The Bertz CT molecular complexity index is 526. The molecule has 0 saturated heterocycles. The van der Waals surface area contributed by atoms with Gasteiger partial charge >= 0.3 is 5.97 Å². The van der Waals surface area contributed by atoms with Crippen molar-refractivity contribution in [2.75, 3.05) is 25.5 Å². The summed E-state index contributed by atoms with van der Waals surface area (Å²) in [5.74, 6) is -0.204. The Kier molecular flexibility index (Phi) is 6.47. The van der Waals surface area contributed by atoms with Crippen LogP contribution in [0.4, 0.5) is 5.69 Å². The number of hydrogen-bond donors (Lipinski definition) is 2. The minimum absolute atomic E-state index is 0.204. The molecule has 0 aliphatic rings. The average molecular weight is 300 g/mol. The molecule has 0 saturated carbocycles. The zero-order valence-electron chi connectivity index (χ0n) is 11.7. The van der Waals surface area contributed by atoms with Crippen molar-refractivity contribution >= 4 is 21.7 Å². The quantitative estimate of drug-likeness (QED) is 0.559. The van der Waals surface area contributed by atoms with Crippen molar-refractivity contribution < 1.29 is 17.9 Å². The van der Waals surface area contributed by atoms with Crippen molar-refractivity contribution in [2.45, 2.75) is 24.7 Å². The van der Waals surface area contributed by atoms with Gasteiger partial charge in [-0.15, -0.1) is 0 Å². The summed E-state index contributed by atoms with van der Waals surface area (Å²) < 4.78 is 30.1. The van der Waals surface area contributed by atoms with Crippen molar-refractivity contribution in [3.8, 4) is 0 Å². The van der Waals surface area contributed by atoms with Gasteiger partial charge in [0.05, 0.1) is 11.5 Å². The van der Waals surface area contributed by atoms with Gasteiger partial charge < -0.3 is 10.1 Å². The molecular weight excluding hydrogens is 280 g/mol. The van der Waals surface area contributed by atoms with Crippen LogP contribution < -0.4 is 10.0 Å². The predicted molar refractivity (Wildman–Crippen MR) is 77.0 cm³/mol. The van der Waals surface area contributed by atoms with E-state index in [0.29, 0.717) is 26.0 Å². The summed E-state index contributed by atoms with van der Waals surface area (Å²) in [7, 11) is -2.02. The van der Waals surface area contributed by atoms with Crippen LogP contribution in [0.3, 0.4) is 0 Å². The number of carbonyl (C=O) groups excluding carboxylic acids is 1. The zero-order chi connectivity index (χ0) is 15.0. The zero-order valence-corrected chi connectivity index (χ0v) is 12.5. The molecule has 0 aliphatic heterocycles. The summed E-state index contributed by atoms with van der Waals surface area (Å²) in [5.41, 5.74) is 0.809. The first-order chi connectivity index (χ1) is 9.49. The van der Waals surface area contributed by atoms with Gasteiger partial charge in [-0.3, -0.25) is 4.79 Å². The Morgan fingerprint density at radius 1 is 1.25 bits per heavy atom. The number of esters is 1. The number of hydrogen-bond acceptors (Lipinski definition) is 5. The highest BCUT2D eigenvalue weighted by atomic mass is 32.2. The molecule has 0 bridgehead atoms. The number of carbonyl (C=O) groups is 1. The molecule has 0 atom stereocenters. The molecule has 0 aliphatic carbocycles. The maximum atomic E-state index is 11.5. The molecule has 0 unspecified atom stereocenters. The van der Waals surface area contributed by atoms with Crippen LogP contribution in [-0.2, 0) is 19.6 Å². The minimum atomic E-state index is -3.40. The van der Waals surface area contributed by atoms with Crippen LogP contribution in [0.25, 0.3) is 0 Å². The standard InChI is InChI=1S/C13H20N2O4S/c1-3-19-13(16)5-4-10-15-11-6-8-12(9-7-11)20(17,18)14-2/h6-9,14-15H,3-5,10H2,1-2H3. The lowest BCUT2D eigenvalue weighted by atomic mass is 10.3. The topological polar surface area (TPSA) is 84.5 Å². The molecule has 0 radical (unpaired) electrons. The molecule has 0 spiro atoms. The molecular formula is C13H20N2O4S. The van der Waals surface area contributed by atoms with Gasteiger partial charge in [-0.1, -0.05) is 0 Å². The second-order valence-corrected chi connectivity index (χ2v) is 5.95. The molecule has 2 N–H and O–H groups in total. The lowest BCUT2D eigenvalue weighted by molar-refractivity contribution is -0.143. The highest BCUT2D eigenvalue weighted by molar-refractivity contribution is 7.89. The molecule has 112 valence electrons. The van der Waals surface area contributed by atoms with E-state index in [4.69, 9.17) is 4.74 Å². The first-order valence-electron chi connectivity index (χ1n) is 6.42. The molecule has 6 nitrogen and oxygen atoms in total. The number of sulfonamides is 1. The van der Waals surface area contributed by atoms with Gasteiger partial charge in [0, 0.05) is 18.7 Å².